The monoisotopic (exact) mass is 325 g/mol. The van der Waals surface area contributed by atoms with Crippen molar-refractivity contribution in [1.29, 1.82) is 0 Å². The summed E-state index contributed by atoms with van der Waals surface area (Å²) in [6.45, 7) is 4.89. The van der Waals surface area contributed by atoms with Crippen molar-refractivity contribution in [3.8, 4) is 0 Å². The van der Waals surface area contributed by atoms with E-state index in [0.29, 0.717) is 17.7 Å². The Bertz CT molecular complexity index is 522. The van der Waals surface area contributed by atoms with Gasteiger partial charge in [-0.2, -0.15) is 0 Å². The van der Waals surface area contributed by atoms with Crippen molar-refractivity contribution in [2.24, 2.45) is 0 Å². The van der Waals surface area contributed by atoms with E-state index in [1.165, 1.54) is 0 Å². The van der Waals surface area contributed by atoms with Gasteiger partial charge in [0.25, 0.3) is 5.91 Å². The number of rotatable bonds is 4. The van der Waals surface area contributed by atoms with E-state index in [4.69, 9.17) is 0 Å². The number of halogens is 1. The number of nitrogens with one attached hydrogen (secondary N) is 3. The predicted octanol–water partition coefficient (Wildman–Crippen LogP) is 2.33. The van der Waals surface area contributed by atoms with Crippen molar-refractivity contribution in [1.82, 2.24) is 10.6 Å². The van der Waals surface area contributed by atoms with Crippen LogP contribution in [-0.2, 0) is 4.79 Å². The van der Waals surface area contributed by atoms with Crippen molar-refractivity contribution in [3.05, 3.63) is 29.8 Å². The summed E-state index contributed by atoms with van der Waals surface area (Å²) < 4.78 is 0. The Morgan fingerprint density at radius 3 is 2.82 bits per heavy atom. The van der Waals surface area contributed by atoms with E-state index >= 15 is 0 Å². The SMILES string of the molecule is CCC(=O)Nc1cccc(C(=O)NC2CCCNC2C)c1.Cl. The van der Waals surface area contributed by atoms with Crippen molar-refractivity contribution in [3.63, 3.8) is 0 Å². The highest BCUT2D eigenvalue weighted by Crippen LogP contribution is 2.13. The summed E-state index contributed by atoms with van der Waals surface area (Å²) in [6.07, 6.45) is 2.48. The van der Waals surface area contributed by atoms with Crippen molar-refractivity contribution in [2.45, 2.75) is 45.2 Å². The van der Waals surface area contributed by atoms with E-state index in [-0.39, 0.29) is 36.3 Å². The van der Waals surface area contributed by atoms with Crippen LogP contribution >= 0.6 is 12.4 Å². The topological polar surface area (TPSA) is 70.2 Å². The molecule has 2 atom stereocenters. The lowest BCUT2D eigenvalue weighted by Gasteiger charge is -2.30. The minimum absolute atomic E-state index is 0. The van der Waals surface area contributed by atoms with Gasteiger partial charge in [0.05, 0.1) is 0 Å². The molecule has 3 N–H and O–H groups in total. The summed E-state index contributed by atoms with van der Waals surface area (Å²) >= 11 is 0. The summed E-state index contributed by atoms with van der Waals surface area (Å²) in [5.41, 5.74) is 1.23. The van der Waals surface area contributed by atoms with Gasteiger partial charge in [-0.05, 0) is 44.5 Å². The molecule has 1 heterocycles. The average molecular weight is 326 g/mol. The van der Waals surface area contributed by atoms with Crippen LogP contribution in [0.3, 0.4) is 0 Å². The third-order valence-electron chi connectivity index (χ3n) is 3.81. The second kappa shape index (κ2) is 8.76. The van der Waals surface area contributed by atoms with E-state index in [1.54, 1.807) is 31.2 Å². The van der Waals surface area contributed by atoms with Crippen LogP contribution < -0.4 is 16.0 Å². The molecular weight excluding hydrogens is 302 g/mol. The maximum absolute atomic E-state index is 12.3. The molecule has 122 valence electrons. The van der Waals surface area contributed by atoms with Gasteiger partial charge < -0.3 is 16.0 Å². The number of carbonyl (C=O) groups is 2. The molecule has 0 saturated carbocycles. The van der Waals surface area contributed by atoms with Crippen molar-refractivity contribution >= 4 is 29.9 Å². The maximum Gasteiger partial charge on any atom is 0.251 e. The number of carbonyl (C=O) groups excluding carboxylic acids is 2. The molecular formula is C16H24ClN3O2. The van der Waals surface area contributed by atoms with Crippen LogP contribution in [0.4, 0.5) is 5.69 Å². The van der Waals surface area contributed by atoms with Gasteiger partial charge in [0.2, 0.25) is 5.91 Å². The third-order valence-corrected chi connectivity index (χ3v) is 3.81. The van der Waals surface area contributed by atoms with Crippen molar-refractivity contribution in [2.75, 3.05) is 11.9 Å². The summed E-state index contributed by atoms with van der Waals surface area (Å²) in [7, 11) is 0. The molecule has 1 aromatic carbocycles. The van der Waals surface area contributed by atoms with Crippen LogP contribution in [0, 0.1) is 0 Å². The van der Waals surface area contributed by atoms with Gasteiger partial charge in [-0.15, -0.1) is 12.4 Å². The highest BCUT2D eigenvalue weighted by molar-refractivity contribution is 5.97. The molecule has 2 rings (SSSR count). The second-order valence-corrected chi connectivity index (χ2v) is 5.45. The Labute approximate surface area is 137 Å². The molecule has 0 aliphatic carbocycles. The molecule has 1 aliphatic heterocycles. The Morgan fingerprint density at radius 2 is 2.14 bits per heavy atom. The van der Waals surface area contributed by atoms with Crippen LogP contribution in [0.2, 0.25) is 0 Å². The van der Waals surface area contributed by atoms with Crippen LogP contribution in [0.5, 0.6) is 0 Å². The van der Waals surface area contributed by atoms with Crippen LogP contribution in [0.25, 0.3) is 0 Å². The van der Waals surface area contributed by atoms with Crippen LogP contribution in [-0.4, -0.2) is 30.4 Å². The smallest absolute Gasteiger partial charge is 0.251 e. The van der Waals surface area contributed by atoms with Crippen molar-refractivity contribution < 1.29 is 9.59 Å². The molecule has 1 saturated heterocycles. The quantitative estimate of drug-likeness (QED) is 0.795. The summed E-state index contributed by atoms with van der Waals surface area (Å²) in [4.78, 5) is 23.7. The zero-order chi connectivity index (χ0) is 15.2. The molecule has 2 amide bonds. The van der Waals surface area contributed by atoms with Gasteiger partial charge in [-0.25, -0.2) is 0 Å². The highest BCUT2D eigenvalue weighted by atomic mass is 35.5. The lowest BCUT2D eigenvalue weighted by Crippen LogP contribution is -2.51. The minimum Gasteiger partial charge on any atom is -0.348 e. The van der Waals surface area contributed by atoms with E-state index in [0.717, 1.165) is 19.4 Å². The molecule has 0 spiro atoms. The molecule has 1 fully saturated rings. The van der Waals surface area contributed by atoms with E-state index in [9.17, 15) is 9.59 Å². The van der Waals surface area contributed by atoms with Gasteiger partial charge in [-0.1, -0.05) is 13.0 Å². The molecule has 1 aliphatic rings. The number of benzene rings is 1. The first kappa shape index (κ1) is 18.5. The van der Waals surface area contributed by atoms with Gasteiger partial charge in [0.15, 0.2) is 0 Å². The number of hydrogen-bond donors (Lipinski definition) is 3. The fraction of sp³-hybridized carbons (Fsp3) is 0.500. The Morgan fingerprint density at radius 1 is 1.36 bits per heavy atom. The van der Waals surface area contributed by atoms with Crippen LogP contribution in [0.15, 0.2) is 24.3 Å². The lowest BCUT2D eigenvalue weighted by atomic mass is 9.99. The first-order valence-electron chi connectivity index (χ1n) is 7.54. The Kier molecular flexibility index (Phi) is 7.35. The van der Waals surface area contributed by atoms with E-state index in [2.05, 4.69) is 22.9 Å². The summed E-state index contributed by atoms with van der Waals surface area (Å²) in [6, 6.07) is 7.48. The van der Waals surface area contributed by atoms with Gasteiger partial charge in [0.1, 0.15) is 0 Å². The second-order valence-electron chi connectivity index (χ2n) is 5.45. The summed E-state index contributed by atoms with van der Waals surface area (Å²) in [5.74, 6) is -0.152. The molecule has 1 aromatic rings. The van der Waals surface area contributed by atoms with E-state index < -0.39 is 0 Å². The standard InChI is InChI=1S/C16H23N3O2.ClH/c1-3-15(20)18-13-7-4-6-12(10-13)16(21)19-14-8-5-9-17-11(14)2;/h4,6-7,10-11,14,17H,3,5,8-9H2,1-2H3,(H,18,20)(H,19,21);1H. The number of piperidine rings is 1. The average Bonchev–Trinajstić information content (AvgIpc) is 2.49. The normalized spacial score (nSPS) is 20.6. The largest absolute Gasteiger partial charge is 0.348 e. The lowest BCUT2D eigenvalue weighted by molar-refractivity contribution is -0.115. The predicted molar refractivity (Wildman–Crippen MR) is 90.6 cm³/mol. The molecule has 2 unspecified atom stereocenters. The molecule has 6 heteroatoms. The fourth-order valence-corrected chi connectivity index (χ4v) is 2.48. The fourth-order valence-electron chi connectivity index (χ4n) is 2.48. The third kappa shape index (κ3) is 5.00. The molecule has 0 aromatic heterocycles. The van der Waals surface area contributed by atoms with Crippen LogP contribution in [0.1, 0.15) is 43.5 Å². The first-order chi connectivity index (χ1) is 10.1. The Hall–Kier alpha value is -1.59. The molecule has 5 nitrogen and oxygen atoms in total. The molecule has 0 radical (unpaired) electrons. The molecule has 22 heavy (non-hydrogen) atoms. The zero-order valence-corrected chi connectivity index (χ0v) is 13.8. The van der Waals surface area contributed by atoms with Gasteiger partial charge in [0, 0.05) is 29.8 Å². The minimum atomic E-state index is -0.0943. The van der Waals surface area contributed by atoms with Gasteiger partial charge in [-0.3, -0.25) is 9.59 Å². The highest BCUT2D eigenvalue weighted by Gasteiger charge is 2.22. The van der Waals surface area contributed by atoms with E-state index in [1.807, 2.05) is 0 Å². The maximum atomic E-state index is 12.3. The number of hydrogen-bond acceptors (Lipinski definition) is 3. The number of anilines is 1. The molecule has 0 bridgehead atoms. The summed E-state index contributed by atoms with van der Waals surface area (Å²) in [5, 5.41) is 9.20. The zero-order valence-electron chi connectivity index (χ0n) is 13.0. The Balaban J connectivity index is 0.00000242. The number of amides is 2. The first-order valence-corrected chi connectivity index (χ1v) is 7.54. The van der Waals surface area contributed by atoms with Gasteiger partial charge >= 0.3 is 0 Å².